The molecular weight excluding hydrogens is 254 g/mol. The largest absolute Gasteiger partial charge is 0.490 e. The molecule has 1 aromatic heterocycles. The molecule has 1 aliphatic rings. The van der Waals surface area contributed by atoms with E-state index < -0.39 is 0 Å². The maximum atomic E-state index is 5.96. The number of nitrogens with zero attached hydrogens (tertiary/aromatic N) is 2. The molecular formula is C12H18ClN3O2. The summed E-state index contributed by atoms with van der Waals surface area (Å²) in [7, 11) is 1.56. The lowest BCUT2D eigenvalue weighted by Crippen LogP contribution is -2.40. The predicted octanol–water partition coefficient (Wildman–Crippen LogP) is 2.51. The number of aromatic nitrogens is 2. The fraction of sp³-hybridized carbons (Fsp3) is 0.667. The summed E-state index contributed by atoms with van der Waals surface area (Å²) in [6.07, 6.45) is 3.28. The molecule has 1 fully saturated rings. The first-order valence-corrected chi connectivity index (χ1v) is 6.34. The van der Waals surface area contributed by atoms with Crippen LogP contribution in [0, 0.1) is 0 Å². The van der Waals surface area contributed by atoms with Gasteiger partial charge >= 0.3 is 0 Å². The lowest BCUT2D eigenvalue weighted by Gasteiger charge is -2.36. The van der Waals surface area contributed by atoms with E-state index in [9.17, 15) is 0 Å². The molecule has 1 N–H and O–H groups in total. The predicted molar refractivity (Wildman–Crippen MR) is 70.3 cm³/mol. The zero-order valence-electron chi connectivity index (χ0n) is 10.9. The Morgan fingerprint density at radius 1 is 1.50 bits per heavy atom. The van der Waals surface area contributed by atoms with E-state index in [0.717, 1.165) is 19.4 Å². The summed E-state index contributed by atoms with van der Waals surface area (Å²) >= 11 is 5.96. The van der Waals surface area contributed by atoms with Crippen LogP contribution in [-0.4, -0.2) is 35.3 Å². The lowest BCUT2D eigenvalue weighted by molar-refractivity contribution is -0.0553. The van der Waals surface area contributed by atoms with Crippen LogP contribution in [0.3, 0.4) is 0 Å². The highest BCUT2D eigenvalue weighted by atomic mass is 35.5. The van der Waals surface area contributed by atoms with E-state index in [2.05, 4.69) is 29.1 Å². The number of methoxy groups -OCH3 is 1. The van der Waals surface area contributed by atoms with Crippen molar-refractivity contribution in [3.8, 4) is 5.75 Å². The molecule has 2 heterocycles. The fourth-order valence-electron chi connectivity index (χ4n) is 2.18. The van der Waals surface area contributed by atoms with Gasteiger partial charge in [0, 0.05) is 12.6 Å². The molecule has 100 valence electrons. The summed E-state index contributed by atoms with van der Waals surface area (Å²) in [6, 6.07) is 0.300. The number of nitrogens with one attached hydrogen (secondary N) is 1. The summed E-state index contributed by atoms with van der Waals surface area (Å²) in [5, 5.41) is 3.68. The van der Waals surface area contributed by atoms with Crippen LogP contribution in [0.4, 0.5) is 5.82 Å². The van der Waals surface area contributed by atoms with Gasteiger partial charge in [-0.15, -0.1) is 0 Å². The molecule has 0 bridgehead atoms. The molecule has 0 saturated carbocycles. The van der Waals surface area contributed by atoms with Crippen LogP contribution < -0.4 is 10.1 Å². The number of hydrogen-bond donors (Lipinski definition) is 1. The quantitative estimate of drug-likeness (QED) is 0.856. The van der Waals surface area contributed by atoms with Gasteiger partial charge in [-0.3, -0.25) is 0 Å². The Bertz CT molecular complexity index is 426. The summed E-state index contributed by atoms with van der Waals surface area (Å²) in [4.78, 5) is 8.08. The van der Waals surface area contributed by atoms with Crippen molar-refractivity contribution in [2.75, 3.05) is 19.0 Å². The number of halogens is 1. The third kappa shape index (κ3) is 3.03. The molecule has 1 unspecified atom stereocenters. The van der Waals surface area contributed by atoms with Crippen molar-refractivity contribution >= 4 is 17.4 Å². The fourth-order valence-corrected chi connectivity index (χ4v) is 2.39. The third-order valence-electron chi connectivity index (χ3n) is 3.00. The maximum absolute atomic E-state index is 5.96. The number of anilines is 1. The standard InChI is InChI=1S/C12H18ClN3O2/c1-12(2)6-8(4-5-18-12)16-11-9(17-3)10(13)14-7-15-11/h7-8H,4-6H2,1-3H3,(H,14,15,16). The Kier molecular flexibility index (Phi) is 3.92. The van der Waals surface area contributed by atoms with Gasteiger partial charge in [0.05, 0.1) is 12.7 Å². The molecule has 1 saturated heterocycles. The van der Waals surface area contributed by atoms with Gasteiger partial charge in [-0.1, -0.05) is 11.6 Å². The second-order valence-electron chi connectivity index (χ2n) is 4.99. The van der Waals surface area contributed by atoms with Gasteiger partial charge in [-0.25, -0.2) is 9.97 Å². The zero-order valence-corrected chi connectivity index (χ0v) is 11.6. The summed E-state index contributed by atoms with van der Waals surface area (Å²) in [5.74, 6) is 1.13. The van der Waals surface area contributed by atoms with E-state index in [1.807, 2.05) is 0 Å². The van der Waals surface area contributed by atoms with E-state index in [1.165, 1.54) is 6.33 Å². The van der Waals surface area contributed by atoms with Crippen molar-refractivity contribution < 1.29 is 9.47 Å². The molecule has 2 rings (SSSR count). The van der Waals surface area contributed by atoms with Crippen LogP contribution in [0.5, 0.6) is 5.75 Å². The molecule has 0 amide bonds. The molecule has 1 aromatic rings. The molecule has 18 heavy (non-hydrogen) atoms. The van der Waals surface area contributed by atoms with Crippen molar-refractivity contribution in [3.63, 3.8) is 0 Å². The topological polar surface area (TPSA) is 56.3 Å². The van der Waals surface area contributed by atoms with E-state index >= 15 is 0 Å². The summed E-state index contributed by atoms with van der Waals surface area (Å²) < 4.78 is 10.9. The lowest BCUT2D eigenvalue weighted by atomic mass is 9.94. The van der Waals surface area contributed by atoms with Crippen molar-refractivity contribution in [1.82, 2.24) is 9.97 Å². The second kappa shape index (κ2) is 5.28. The van der Waals surface area contributed by atoms with Crippen LogP contribution in [0.1, 0.15) is 26.7 Å². The van der Waals surface area contributed by atoms with Gasteiger partial charge in [-0.05, 0) is 26.7 Å². The first-order chi connectivity index (χ1) is 8.52. The molecule has 1 aliphatic heterocycles. The zero-order chi connectivity index (χ0) is 13.2. The highest BCUT2D eigenvalue weighted by Crippen LogP contribution is 2.32. The Labute approximate surface area is 112 Å². The third-order valence-corrected chi connectivity index (χ3v) is 3.27. The van der Waals surface area contributed by atoms with Crippen molar-refractivity contribution in [3.05, 3.63) is 11.5 Å². The summed E-state index contributed by atoms with van der Waals surface area (Å²) in [6.45, 7) is 4.92. The first kappa shape index (κ1) is 13.4. The SMILES string of the molecule is COc1c(Cl)ncnc1NC1CCOC(C)(C)C1. The molecule has 6 heteroatoms. The highest BCUT2D eigenvalue weighted by molar-refractivity contribution is 6.31. The van der Waals surface area contributed by atoms with E-state index in [0.29, 0.717) is 22.8 Å². The monoisotopic (exact) mass is 271 g/mol. The van der Waals surface area contributed by atoms with Crippen molar-refractivity contribution in [2.24, 2.45) is 0 Å². The van der Waals surface area contributed by atoms with Crippen LogP contribution >= 0.6 is 11.6 Å². The Hall–Kier alpha value is -1.07. The minimum atomic E-state index is -0.111. The molecule has 5 nitrogen and oxygen atoms in total. The van der Waals surface area contributed by atoms with E-state index in [-0.39, 0.29) is 5.60 Å². The smallest absolute Gasteiger partial charge is 0.198 e. The number of ether oxygens (including phenoxy) is 2. The van der Waals surface area contributed by atoms with Gasteiger partial charge in [0.2, 0.25) is 0 Å². The molecule has 0 radical (unpaired) electrons. The van der Waals surface area contributed by atoms with Crippen LogP contribution in [0.15, 0.2) is 6.33 Å². The molecule has 0 aromatic carbocycles. The first-order valence-electron chi connectivity index (χ1n) is 5.97. The maximum Gasteiger partial charge on any atom is 0.198 e. The second-order valence-corrected chi connectivity index (χ2v) is 5.35. The highest BCUT2D eigenvalue weighted by Gasteiger charge is 2.29. The average Bonchev–Trinajstić information content (AvgIpc) is 2.28. The van der Waals surface area contributed by atoms with Gasteiger partial charge in [0.15, 0.2) is 16.7 Å². The van der Waals surface area contributed by atoms with Gasteiger partial charge in [0.1, 0.15) is 6.33 Å². The Morgan fingerprint density at radius 3 is 2.94 bits per heavy atom. The minimum absolute atomic E-state index is 0.111. The average molecular weight is 272 g/mol. The molecule has 1 atom stereocenters. The normalized spacial score (nSPS) is 22.6. The number of rotatable bonds is 3. The minimum Gasteiger partial charge on any atom is -0.490 e. The Balaban J connectivity index is 2.12. The summed E-state index contributed by atoms with van der Waals surface area (Å²) in [5.41, 5.74) is -0.111. The molecule has 0 spiro atoms. The Morgan fingerprint density at radius 2 is 2.28 bits per heavy atom. The van der Waals surface area contributed by atoms with Gasteiger partial charge < -0.3 is 14.8 Å². The van der Waals surface area contributed by atoms with Crippen molar-refractivity contribution in [2.45, 2.75) is 38.3 Å². The van der Waals surface area contributed by atoms with Crippen LogP contribution in [0.25, 0.3) is 0 Å². The number of hydrogen-bond acceptors (Lipinski definition) is 5. The van der Waals surface area contributed by atoms with Crippen LogP contribution in [-0.2, 0) is 4.74 Å². The molecule has 0 aliphatic carbocycles. The van der Waals surface area contributed by atoms with Gasteiger partial charge in [-0.2, -0.15) is 0 Å². The van der Waals surface area contributed by atoms with E-state index in [4.69, 9.17) is 21.1 Å². The van der Waals surface area contributed by atoms with E-state index in [1.54, 1.807) is 7.11 Å². The van der Waals surface area contributed by atoms with Crippen molar-refractivity contribution in [1.29, 1.82) is 0 Å². The van der Waals surface area contributed by atoms with Gasteiger partial charge in [0.25, 0.3) is 0 Å². The van der Waals surface area contributed by atoms with Crippen LogP contribution in [0.2, 0.25) is 5.15 Å².